The number of nitrogens with zero attached hydrogens (tertiary/aromatic N) is 1. The highest BCUT2D eigenvalue weighted by Gasteiger charge is 2.42. The molecule has 3 heterocycles. The van der Waals surface area contributed by atoms with Crippen LogP contribution in [0.3, 0.4) is 0 Å². The molecule has 0 aliphatic carbocycles. The molecule has 0 unspecified atom stereocenters. The predicted molar refractivity (Wildman–Crippen MR) is 168 cm³/mol. The topological polar surface area (TPSA) is 123 Å². The zero-order valence-corrected chi connectivity index (χ0v) is 25.7. The van der Waals surface area contributed by atoms with Crippen LogP contribution in [0.15, 0.2) is 95.9 Å². The Kier molecular flexibility index (Phi) is 8.46. The Morgan fingerprint density at radius 2 is 1.71 bits per heavy atom. The van der Waals surface area contributed by atoms with Gasteiger partial charge in [0, 0.05) is 18.7 Å². The van der Waals surface area contributed by atoms with Crippen LogP contribution in [0.25, 0.3) is 11.1 Å². The van der Waals surface area contributed by atoms with Crippen LogP contribution in [0.1, 0.15) is 21.5 Å². The fourth-order valence-electron chi connectivity index (χ4n) is 5.50. The molecule has 1 fully saturated rings. The lowest BCUT2D eigenvalue weighted by Gasteiger charge is -2.23. The van der Waals surface area contributed by atoms with Gasteiger partial charge >= 0.3 is 0 Å². The summed E-state index contributed by atoms with van der Waals surface area (Å²) in [6.45, 7) is 2.03. The van der Waals surface area contributed by atoms with E-state index in [2.05, 4.69) is 10.6 Å². The van der Waals surface area contributed by atoms with Gasteiger partial charge in [-0.1, -0.05) is 42.5 Å². The van der Waals surface area contributed by atoms with Crippen LogP contribution in [0.4, 0.5) is 0 Å². The SMILES string of the molecule is COc1cc2ccc1O[C@H]1CN(S(=O)(=O)c3ccccc3)C[C@@H]1NC(=O)c1ccc(C)c(c1)-c1cccc(c1)OCC(=O)NC2. The first-order valence-electron chi connectivity index (χ1n) is 14.5. The number of amides is 2. The summed E-state index contributed by atoms with van der Waals surface area (Å²) in [5.74, 6) is 0.640. The van der Waals surface area contributed by atoms with Gasteiger partial charge in [-0.2, -0.15) is 4.31 Å². The molecule has 2 amide bonds. The number of benzene rings is 4. The molecule has 1 saturated heterocycles. The summed E-state index contributed by atoms with van der Waals surface area (Å²) in [5.41, 5.74) is 3.76. The van der Waals surface area contributed by atoms with Gasteiger partial charge < -0.3 is 24.8 Å². The molecule has 10 nitrogen and oxygen atoms in total. The van der Waals surface area contributed by atoms with Crippen molar-refractivity contribution in [2.45, 2.75) is 30.5 Å². The molecule has 6 bridgehead atoms. The van der Waals surface area contributed by atoms with Crippen molar-refractivity contribution in [2.24, 2.45) is 0 Å². The van der Waals surface area contributed by atoms with Crippen LogP contribution < -0.4 is 24.8 Å². The molecule has 3 aliphatic heterocycles. The highest BCUT2D eigenvalue weighted by atomic mass is 32.2. The molecule has 7 rings (SSSR count). The van der Waals surface area contributed by atoms with Crippen molar-refractivity contribution < 1.29 is 32.2 Å². The van der Waals surface area contributed by atoms with Crippen LogP contribution in [-0.2, 0) is 21.4 Å². The fourth-order valence-corrected chi connectivity index (χ4v) is 7.00. The van der Waals surface area contributed by atoms with Crippen molar-refractivity contribution in [2.75, 3.05) is 26.8 Å². The van der Waals surface area contributed by atoms with Gasteiger partial charge in [0.15, 0.2) is 18.1 Å². The number of carbonyl (C=O) groups excluding carboxylic acids is 2. The van der Waals surface area contributed by atoms with Gasteiger partial charge in [0.05, 0.1) is 24.6 Å². The second kappa shape index (κ2) is 12.6. The van der Waals surface area contributed by atoms with Gasteiger partial charge in [-0.15, -0.1) is 0 Å². The third-order valence-electron chi connectivity index (χ3n) is 7.94. The minimum absolute atomic E-state index is 0.00901. The van der Waals surface area contributed by atoms with Gasteiger partial charge in [-0.05, 0) is 77.7 Å². The number of hydrogen-bond donors (Lipinski definition) is 2. The Morgan fingerprint density at radius 1 is 0.889 bits per heavy atom. The maximum atomic E-state index is 13.7. The normalized spacial score (nSPS) is 19.0. The third kappa shape index (κ3) is 6.50. The summed E-state index contributed by atoms with van der Waals surface area (Å²) in [7, 11) is -2.36. The van der Waals surface area contributed by atoms with Crippen LogP contribution in [0.5, 0.6) is 17.2 Å². The van der Waals surface area contributed by atoms with E-state index in [1.54, 1.807) is 66.7 Å². The average molecular weight is 628 g/mol. The second-order valence-corrected chi connectivity index (χ2v) is 12.9. The van der Waals surface area contributed by atoms with Crippen molar-refractivity contribution in [1.29, 1.82) is 0 Å². The lowest BCUT2D eigenvalue weighted by Crippen LogP contribution is -2.45. The van der Waals surface area contributed by atoms with E-state index >= 15 is 0 Å². The van der Waals surface area contributed by atoms with E-state index in [1.807, 2.05) is 31.2 Å². The number of nitrogens with one attached hydrogen (secondary N) is 2. The fraction of sp³-hybridized carbons (Fsp3) is 0.235. The van der Waals surface area contributed by atoms with Gasteiger partial charge in [-0.25, -0.2) is 8.42 Å². The van der Waals surface area contributed by atoms with Crippen LogP contribution in [-0.4, -0.2) is 63.5 Å². The van der Waals surface area contributed by atoms with Crippen LogP contribution >= 0.6 is 0 Å². The monoisotopic (exact) mass is 627 g/mol. The standard InChI is InChI=1S/C34H33N3O7S/c1-22-11-13-25-17-28(22)24-7-6-8-26(16-24)43-21-33(38)35-18-23-12-14-30(31(15-23)42-2)44-32-20-37(19-29(32)36-34(25)39)45(40,41)27-9-4-3-5-10-27/h3-17,29,32H,18-21H2,1-2H3,(H,35,38)(H,36,39)/t29-,32-/m0/s1. The van der Waals surface area contributed by atoms with Gasteiger partial charge in [-0.3, -0.25) is 9.59 Å². The van der Waals surface area contributed by atoms with Crippen molar-refractivity contribution >= 4 is 21.8 Å². The molecule has 0 saturated carbocycles. The Bertz CT molecular complexity index is 1850. The quantitative estimate of drug-likeness (QED) is 0.353. The average Bonchev–Trinajstić information content (AvgIpc) is 3.46. The van der Waals surface area contributed by atoms with Crippen LogP contribution in [0, 0.1) is 6.92 Å². The van der Waals surface area contributed by atoms with Crippen molar-refractivity contribution in [1.82, 2.24) is 14.9 Å². The number of rotatable bonds is 3. The molecule has 0 aromatic heterocycles. The molecule has 2 N–H and O–H groups in total. The molecule has 4 aromatic rings. The maximum Gasteiger partial charge on any atom is 0.258 e. The summed E-state index contributed by atoms with van der Waals surface area (Å²) in [6, 6.07) is 25.5. The number of methoxy groups -OCH3 is 1. The van der Waals surface area contributed by atoms with E-state index in [1.165, 1.54) is 11.4 Å². The largest absolute Gasteiger partial charge is 0.493 e. The minimum atomic E-state index is -3.86. The smallest absolute Gasteiger partial charge is 0.258 e. The lowest BCUT2D eigenvalue weighted by atomic mass is 9.97. The molecular weight excluding hydrogens is 594 g/mol. The highest BCUT2D eigenvalue weighted by molar-refractivity contribution is 7.89. The predicted octanol–water partition coefficient (Wildman–Crippen LogP) is 3.93. The first-order chi connectivity index (χ1) is 21.7. The molecule has 2 atom stereocenters. The van der Waals surface area contributed by atoms with Gasteiger partial charge in [0.1, 0.15) is 11.9 Å². The number of sulfonamides is 1. The zero-order valence-electron chi connectivity index (χ0n) is 24.9. The highest BCUT2D eigenvalue weighted by Crippen LogP contribution is 2.33. The number of carbonyl (C=O) groups is 2. The number of hydrogen-bond acceptors (Lipinski definition) is 7. The van der Waals surface area contributed by atoms with E-state index in [0.29, 0.717) is 22.8 Å². The van der Waals surface area contributed by atoms with Crippen molar-refractivity contribution in [3.8, 4) is 28.4 Å². The molecule has 0 spiro atoms. The summed E-state index contributed by atoms with van der Waals surface area (Å²) in [5, 5.41) is 5.89. The van der Waals surface area contributed by atoms with Gasteiger partial charge in [0.2, 0.25) is 10.0 Å². The van der Waals surface area contributed by atoms with Crippen LogP contribution in [0.2, 0.25) is 0 Å². The van der Waals surface area contributed by atoms with Gasteiger partial charge in [0.25, 0.3) is 11.8 Å². The van der Waals surface area contributed by atoms with E-state index in [0.717, 1.165) is 22.3 Å². The first kappa shape index (κ1) is 30.2. The molecular formula is C34H33N3O7S. The summed E-state index contributed by atoms with van der Waals surface area (Å²) in [4.78, 5) is 26.5. The molecule has 232 valence electrons. The molecule has 0 radical (unpaired) electrons. The Labute approximate surface area is 262 Å². The number of aryl methyl sites for hydroxylation is 1. The Morgan fingerprint density at radius 3 is 2.51 bits per heavy atom. The first-order valence-corrected chi connectivity index (χ1v) is 16.0. The number of fused-ring (bicyclic) bond motifs is 7. The van der Waals surface area contributed by atoms with E-state index in [9.17, 15) is 18.0 Å². The summed E-state index contributed by atoms with van der Waals surface area (Å²) < 4.78 is 46.2. The van der Waals surface area contributed by atoms with E-state index in [-0.39, 0.29) is 43.0 Å². The lowest BCUT2D eigenvalue weighted by molar-refractivity contribution is -0.123. The Hall–Kier alpha value is -4.87. The molecule has 3 aliphatic rings. The van der Waals surface area contributed by atoms with Crippen molar-refractivity contribution in [3.05, 3.63) is 108 Å². The maximum absolute atomic E-state index is 13.7. The molecule has 11 heteroatoms. The Balaban J connectivity index is 1.38. The number of ether oxygens (including phenoxy) is 3. The zero-order chi connectivity index (χ0) is 31.6. The second-order valence-electron chi connectivity index (χ2n) is 11.0. The summed E-state index contributed by atoms with van der Waals surface area (Å²) >= 11 is 0. The van der Waals surface area contributed by atoms with E-state index < -0.39 is 22.2 Å². The summed E-state index contributed by atoms with van der Waals surface area (Å²) in [6.07, 6.45) is -0.726. The molecule has 4 aromatic carbocycles. The third-order valence-corrected chi connectivity index (χ3v) is 9.79. The van der Waals surface area contributed by atoms with E-state index in [4.69, 9.17) is 14.2 Å². The van der Waals surface area contributed by atoms with Crippen molar-refractivity contribution in [3.63, 3.8) is 0 Å². The molecule has 45 heavy (non-hydrogen) atoms. The minimum Gasteiger partial charge on any atom is -0.493 e.